The van der Waals surface area contributed by atoms with E-state index in [1.165, 1.54) is 0 Å². The number of carbonyl (C=O) groups is 3. The summed E-state index contributed by atoms with van der Waals surface area (Å²) in [6, 6.07) is 22.8. The number of nitrogens with two attached hydrogens (primary N) is 1. The number of esters is 1. The van der Waals surface area contributed by atoms with Crippen molar-refractivity contribution in [2.75, 3.05) is 38.2 Å². The largest absolute Gasteiger partial charge is 0.491 e. The van der Waals surface area contributed by atoms with Crippen LogP contribution in [0.2, 0.25) is 0 Å². The highest BCUT2D eigenvalue weighted by Gasteiger charge is 2.15. The van der Waals surface area contributed by atoms with Crippen molar-refractivity contribution in [3.63, 3.8) is 0 Å². The molecule has 10 nitrogen and oxygen atoms in total. The number of primary amides is 1. The lowest BCUT2D eigenvalue weighted by molar-refractivity contribution is -0.116. The zero-order valence-electron chi connectivity index (χ0n) is 29.5. The van der Waals surface area contributed by atoms with Crippen LogP contribution >= 0.6 is 0 Å². The fourth-order valence-corrected chi connectivity index (χ4v) is 4.28. The maximum Gasteiger partial charge on any atom is 0.405 e. The molecule has 0 aliphatic heterocycles. The summed E-state index contributed by atoms with van der Waals surface area (Å²) in [5.41, 5.74) is 7.35. The van der Waals surface area contributed by atoms with Crippen molar-refractivity contribution in [1.29, 1.82) is 0 Å². The lowest BCUT2D eigenvalue weighted by atomic mass is 10.1. The number of amides is 2. The summed E-state index contributed by atoms with van der Waals surface area (Å²) in [6.45, 7) is 17.3. The molecule has 10 heteroatoms. The lowest BCUT2D eigenvalue weighted by Gasteiger charge is -2.18. The minimum Gasteiger partial charge on any atom is -0.491 e. The zero-order valence-corrected chi connectivity index (χ0v) is 29.5. The fraction of sp³-hybridized carbons (Fsp3) is 0.447. The van der Waals surface area contributed by atoms with Gasteiger partial charge >= 0.3 is 12.1 Å². The zero-order chi connectivity index (χ0) is 35.5. The van der Waals surface area contributed by atoms with Crippen LogP contribution in [-0.2, 0) is 27.3 Å². The second kappa shape index (κ2) is 20.6. The highest BCUT2D eigenvalue weighted by atomic mass is 16.6. The Morgan fingerprint density at radius 2 is 1.54 bits per heavy atom. The van der Waals surface area contributed by atoms with E-state index in [0.29, 0.717) is 56.2 Å². The average Bonchev–Trinajstić information content (AvgIpc) is 3.04. The van der Waals surface area contributed by atoms with Gasteiger partial charge in [0.15, 0.2) is 0 Å². The van der Waals surface area contributed by atoms with Gasteiger partial charge in [0, 0.05) is 13.0 Å². The molecule has 0 aliphatic carbocycles. The number of nitrogens with zero attached hydrogens (tertiary/aromatic N) is 1. The Morgan fingerprint density at radius 1 is 0.875 bits per heavy atom. The average molecular weight is 664 g/mol. The molecule has 0 aromatic heterocycles. The quantitative estimate of drug-likeness (QED) is 0.153. The van der Waals surface area contributed by atoms with Crippen molar-refractivity contribution >= 4 is 23.7 Å². The molecule has 0 spiro atoms. The SMILES string of the molecule is CC(C)(C)OC(N)=O.CCN(CC)CCOC(=O)c1ccc(NC(=O)CCc2ccc(OCc3ccccc3)cc2)c(OCC(C)C)c1. The third-order valence-corrected chi connectivity index (χ3v) is 6.82. The molecule has 3 rings (SSSR count). The molecule has 0 saturated carbocycles. The molecular formula is C38H53N3O7. The molecule has 48 heavy (non-hydrogen) atoms. The summed E-state index contributed by atoms with van der Waals surface area (Å²) in [7, 11) is 0. The third kappa shape index (κ3) is 16.3. The monoisotopic (exact) mass is 663 g/mol. The number of anilines is 1. The molecular weight excluding hydrogens is 610 g/mol. The first kappa shape index (κ1) is 39.6. The van der Waals surface area contributed by atoms with Gasteiger partial charge < -0.3 is 34.9 Å². The van der Waals surface area contributed by atoms with Crippen LogP contribution in [0.1, 0.15) is 76.4 Å². The number of nitrogens with one attached hydrogen (secondary N) is 1. The van der Waals surface area contributed by atoms with E-state index in [0.717, 1.165) is 30.0 Å². The number of benzene rings is 3. The number of aryl methyl sites for hydroxylation is 1. The van der Waals surface area contributed by atoms with Gasteiger partial charge in [-0.05, 0) is 87.7 Å². The number of hydrogen-bond donors (Lipinski definition) is 2. The highest BCUT2D eigenvalue weighted by Crippen LogP contribution is 2.27. The molecule has 0 radical (unpaired) electrons. The van der Waals surface area contributed by atoms with Crippen LogP contribution in [0.25, 0.3) is 0 Å². The Labute approximate surface area is 285 Å². The maximum atomic E-state index is 12.8. The highest BCUT2D eigenvalue weighted by molar-refractivity contribution is 5.95. The Bertz CT molecular complexity index is 1400. The van der Waals surface area contributed by atoms with E-state index in [1.54, 1.807) is 39.0 Å². The first-order valence-corrected chi connectivity index (χ1v) is 16.5. The second-order valence-corrected chi connectivity index (χ2v) is 12.6. The molecule has 0 aliphatic rings. The number of rotatable bonds is 16. The Balaban J connectivity index is 0.000000886. The molecule has 0 saturated heterocycles. The van der Waals surface area contributed by atoms with E-state index >= 15 is 0 Å². The summed E-state index contributed by atoms with van der Waals surface area (Å²) in [4.78, 5) is 37.6. The summed E-state index contributed by atoms with van der Waals surface area (Å²) in [5.74, 6) is 0.993. The molecule has 3 aromatic rings. The molecule has 3 aromatic carbocycles. The molecule has 3 N–H and O–H groups in total. The predicted molar refractivity (Wildman–Crippen MR) is 189 cm³/mol. The molecule has 2 amide bonds. The lowest BCUT2D eigenvalue weighted by Crippen LogP contribution is -2.27. The van der Waals surface area contributed by atoms with Gasteiger partial charge in [-0.3, -0.25) is 4.79 Å². The van der Waals surface area contributed by atoms with Gasteiger partial charge in [-0.25, -0.2) is 9.59 Å². The molecule has 262 valence electrons. The standard InChI is InChI=1S/C33H42N2O5.C5H11NO2/c1-5-35(6-2)20-21-38-33(37)28-15-18-30(31(22-28)40-23-25(3)4)34-32(36)19-14-26-12-16-29(17-13-26)39-24-27-10-8-7-9-11-27;1-5(2,3)8-4(6)7/h7-13,15-18,22,25H,5-6,14,19-21,23-24H2,1-4H3,(H,34,36);1-3H3,(H2,6,7). The van der Waals surface area contributed by atoms with Gasteiger partial charge in [0.25, 0.3) is 0 Å². The number of hydrogen-bond acceptors (Lipinski definition) is 8. The maximum absolute atomic E-state index is 12.8. The van der Waals surface area contributed by atoms with E-state index in [2.05, 4.69) is 28.8 Å². The van der Waals surface area contributed by atoms with Crippen LogP contribution in [0.3, 0.4) is 0 Å². The van der Waals surface area contributed by atoms with Crippen LogP contribution in [-0.4, -0.2) is 61.3 Å². The molecule has 0 bridgehead atoms. The van der Waals surface area contributed by atoms with E-state index in [9.17, 15) is 14.4 Å². The Hall–Kier alpha value is -4.57. The molecule has 0 heterocycles. The Kier molecular flexibility index (Phi) is 17.0. The van der Waals surface area contributed by atoms with Gasteiger partial charge in [0.2, 0.25) is 5.91 Å². The van der Waals surface area contributed by atoms with Crippen LogP contribution < -0.4 is 20.5 Å². The molecule has 0 unspecified atom stereocenters. The minimum atomic E-state index is -0.725. The van der Waals surface area contributed by atoms with Crippen molar-refractivity contribution in [1.82, 2.24) is 4.90 Å². The van der Waals surface area contributed by atoms with Crippen molar-refractivity contribution in [3.05, 3.63) is 89.5 Å². The molecule has 0 fully saturated rings. The Morgan fingerprint density at radius 3 is 2.10 bits per heavy atom. The number of likely N-dealkylation sites (N-methyl/N-ethyl adjacent to an activating group) is 1. The summed E-state index contributed by atoms with van der Waals surface area (Å²) in [6.07, 6.45) is 0.171. The minimum absolute atomic E-state index is 0.131. The third-order valence-electron chi connectivity index (χ3n) is 6.82. The van der Waals surface area contributed by atoms with E-state index in [1.807, 2.05) is 68.4 Å². The van der Waals surface area contributed by atoms with E-state index in [-0.39, 0.29) is 11.8 Å². The predicted octanol–water partition coefficient (Wildman–Crippen LogP) is 7.25. The first-order valence-electron chi connectivity index (χ1n) is 16.5. The van der Waals surface area contributed by atoms with Gasteiger partial charge in [-0.15, -0.1) is 0 Å². The fourth-order valence-electron chi connectivity index (χ4n) is 4.28. The van der Waals surface area contributed by atoms with Gasteiger partial charge in [0.1, 0.15) is 30.3 Å². The van der Waals surface area contributed by atoms with Crippen molar-refractivity contribution in [2.24, 2.45) is 11.7 Å². The smallest absolute Gasteiger partial charge is 0.405 e. The van der Waals surface area contributed by atoms with Crippen LogP contribution in [0.5, 0.6) is 11.5 Å². The topological polar surface area (TPSA) is 129 Å². The van der Waals surface area contributed by atoms with E-state index in [4.69, 9.17) is 19.9 Å². The van der Waals surface area contributed by atoms with Crippen molar-refractivity contribution < 1.29 is 33.3 Å². The second-order valence-electron chi connectivity index (χ2n) is 12.6. The van der Waals surface area contributed by atoms with Crippen molar-refractivity contribution in [3.8, 4) is 11.5 Å². The number of carbonyl (C=O) groups excluding carboxylic acids is 3. The van der Waals surface area contributed by atoms with Gasteiger partial charge in [-0.1, -0.05) is 70.2 Å². The van der Waals surface area contributed by atoms with Crippen LogP contribution in [0, 0.1) is 5.92 Å². The summed E-state index contributed by atoms with van der Waals surface area (Å²) in [5, 5.41) is 2.95. The molecule has 0 atom stereocenters. The van der Waals surface area contributed by atoms with Gasteiger partial charge in [-0.2, -0.15) is 0 Å². The van der Waals surface area contributed by atoms with Crippen LogP contribution in [0.15, 0.2) is 72.8 Å². The normalized spacial score (nSPS) is 10.9. The van der Waals surface area contributed by atoms with Gasteiger partial charge in [0.05, 0.1) is 17.9 Å². The van der Waals surface area contributed by atoms with Crippen LogP contribution in [0.4, 0.5) is 10.5 Å². The van der Waals surface area contributed by atoms with Crippen molar-refractivity contribution in [2.45, 2.75) is 73.5 Å². The number of ether oxygens (including phenoxy) is 4. The van der Waals surface area contributed by atoms with E-state index < -0.39 is 17.7 Å². The first-order chi connectivity index (χ1) is 22.8. The summed E-state index contributed by atoms with van der Waals surface area (Å²) < 4.78 is 21.8. The summed E-state index contributed by atoms with van der Waals surface area (Å²) >= 11 is 0.